The lowest BCUT2D eigenvalue weighted by Crippen LogP contribution is -2.23. The molecule has 2 nitrogen and oxygen atoms in total. The van der Waals surface area contributed by atoms with Crippen molar-refractivity contribution in [1.82, 2.24) is 0 Å². The molecule has 0 unspecified atom stereocenters. The van der Waals surface area contributed by atoms with Crippen LogP contribution in [0.25, 0.3) is 0 Å². The normalized spacial score (nSPS) is 10.8. The molecule has 1 N–H and O–H groups in total. The summed E-state index contributed by atoms with van der Waals surface area (Å²) in [6, 6.07) is 0. The second-order valence-electron chi connectivity index (χ2n) is 3.42. The number of rotatable bonds is 4. The fourth-order valence-corrected chi connectivity index (χ4v) is 1.35. The molecule has 0 heterocycles. The summed E-state index contributed by atoms with van der Waals surface area (Å²) in [5.41, 5.74) is -0.991. The molecule has 0 bridgehead atoms. The number of anilines is 1. The summed E-state index contributed by atoms with van der Waals surface area (Å²) >= 11 is 0. The molecule has 96 valence electrons. The van der Waals surface area contributed by atoms with E-state index in [1.807, 2.05) is 0 Å². The summed E-state index contributed by atoms with van der Waals surface area (Å²) < 4.78 is 64.9. The molecule has 0 aliphatic rings. The van der Waals surface area contributed by atoms with E-state index in [2.05, 4.69) is 0 Å². The average molecular weight is 255 g/mol. The molecule has 0 spiro atoms. The quantitative estimate of drug-likeness (QED) is 0.506. The Labute approximate surface area is 94.3 Å². The van der Waals surface area contributed by atoms with E-state index < -0.39 is 34.8 Å². The van der Waals surface area contributed by atoms with Gasteiger partial charge in [0.15, 0.2) is 23.3 Å². The summed E-state index contributed by atoms with van der Waals surface area (Å²) in [5.74, 6) is -9.88. The number of nitrogens with zero attached hydrogens (tertiary/aromatic N) is 1. The van der Waals surface area contributed by atoms with Gasteiger partial charge in [-0.25, -0.2) is 22.0 Å². The van der Waals surface area contributed by atoms with Gasteiger partial charge in [0.05, 0.1) is 0 Å². The molecule has 1 aromatic rings. The summed E-state index contributed by atoms with van der Waals surface area (Å²) in [5, 5.41) is 8.53. The van der Waals surface area contributed by atoms with Crippen LogP contribution in [0.4, 0.5) is 27.6 Å². The summed E-state index contributed by atoms with van der Waals surface area (Å²) in [7, 11) is 1.17. The molecule has 1 aromatic carbocycles. The first-order chi connectivity index (χ1) is 7.91. The largest absolute Gasteiger partial charge is 0.396 e. The van der Waals surface area contributed by atoms with E-state index in [9.17, 15) is 22.0 Å². The highest BCUT2D eigenvalue weighted by atomic mass is 19.2. The SMILES string of the molecule is CN(CCCO)c1c(F)c(F)c(F)c(F)c1F. The molecule has 0 saturated carbocycles. The lowest BCUT2D eigenvalue weighted by Gasteiger charge is -2.20. The predicted molar refractivity (Wildman–Crippen MR) is 51.2 cm³/mol. The van der Waals surface area contributed by atoms with Crippen LogP contribution in [-0.2, 0) is 0 Å². The molecule has 17 heavy (non-hydrogen) atoms. The Bertz CT molecular complexity index is 395. The minimum absolute atomic E-state index is 0.0329. The van der Waals surface area contributed by atoms with Gasteiger partial charge in [0.25, 0.3) is 0 Å². The van der Waals surface area contributed by atoms with Crippen molar-refractivity contribution in [2.75, 3.05) is 25.1 Å². The van der Waals surface area contributed by atoms with Gasteiger partial charge in [-0.1, -0.05) is 0 Å². The molecule has 0 atom stereocenters. The van der Waals surface area contributed by atoms with Crippen molar-refractivity contribution in [3.63, 3.8) is 0 Å². The van der Waals surface area contributed by atoms with Crippen LogP contribution in [0.2, 0.25) is 0 Å². The Morgan fingerprint density at radius 2 is 1.29 bits per heavy atom. The number of aliphatic hydroxyl groups excluding tert-OH is 1. The van der Waals surface area contributed by atoms with Gasteiger partial charge >= 0.3 is 0 Å². The lowest BCUT2D eigenvalue weighted by molar-refractivity contribution is 0.289. The third kappa shape index (κ3) is 2.49. The monoisotopic (exact) mass is 255 g/mol. The first-order valence-corrected chi connectivity index (χ1v) is 4.75. The van der Waals surface area contributed by atoms with E-state index in [1.54, 1.807) is 0 Å². The topological polar surface area (TPSA) is 23.5 Å². The molecule has 0 radical (unpaired) electrons. The molecule has 0 aliphatic heterocycles. The van der Waals surface area contributed by atoms with E-state index in [1.165, 1.54) is 7.05 Å². The Morgan fingerprint density at radius 1 is 0.882 bits per heavy atom. The maximum Gasteiger partial charge on any atom is 0.200 e. The van der Waals surface area contributed by atoms with Gasteiger partial charge in [0.1, 0.15) is 5.69 Å². The summed E-state index contributed by atoms with van der Waals surface area (Å²) in [4.78, 5) is 0.868. The van der Waals surface area contributed by atoms with Gasteiger partial charge in [-0.05, 0) is 6.42 Å². The van der Waals surface area contributed by atoms with Crippen LogP contribution in [0.5, 0.6) is 0 Å². The Balaban J connectivity index is 3.24. The fraction of sp³-hybridized carbons (Fsp3) is 0.400. The second kappa shape index (κ2) is 5.31. The number of benzene rings is 1. The highest BCUT2D eigenvalue weighted by Gasteiger charge is 2.27. The predicted octanol–water partition coefficient (Wildman–Crippen LogP) is 2.20. The zero-order valence-electron chi connectivity index (χ0n) is 8.91. The van der Waals surface area contributed by atoms with Gasteiger partial charge in [-0.2, -0.15) is 0 Å². The Kier molecular flexibility index (Phi) is 4.28. The Morgan fingerprint density at radius 3 is 1.71 bits per heavy atom. The number of hydrogen-bond acceptors (Lipinski definition) is 2. The first kappa shape index (κ1) is 13.7. The van der Waals surface area contributed by atoms with Crippen LogP contribution < -0.4 is 4.90 Å². The van der Waals surface area contributed by atoms with Crippen LogP contribution in [0, 0.1) is 29.1 Å². The third-order valence-electron chi connectivity index (χ3n) is 2.22. The van der Waals surface area contributed by atoms with Gasteiger partial charge in [-0.3, -0.25) is 0 Å². The van der Waals surface area contributed by atoms with Crippen LogP contribution in [0.1, 0.15) is 6.42 Å². The molecule has 7 heteroatoms. The maximum atomic E-state index is 13.3. The van der Waals surface area contributed by atoms with Gasteiger partial charge in [0.2, 0.25) is 5.82 Å². The molecule has 0 amide bonds. The van der Waals surface area contributed by atoms with Crippen molar-refractivity contribution in [3.05, 3.63) is 29.1 Å². The highest BCUT2D eigenvalue weighted by molar-refractivity contribution is 5.49. The average Bonchev–Trinajstić information content (AvgIpc) is 2.31. The fourth-order valence-electron chi connectivity index (χ4n) is 1.35. The van der Waals surface area contributed by atoms with Gasteiger partial charge < -0.3 is 10.0 Å². The first-order valence-electron chi connectivity index (χ1n) is 4.75. The van der Waals surface area contributed by atoms with Crippen molar-refractivity contribution < 1.29 is 27.1 Å². The Hall–Kier alpha value is -1.37. The van der Waals surface area contributed by atoms with Crippen LogP contribution >= 0.6 is 0 Å². The maximum absolute atomic E-state index is 13.3. The summed E-state index contributed by atoms with van der Waals surface area (Å²) in [6.45, 7) is -0.283. The van der Waals surface area contributed by atoms with Gasteiger partial charge in [-0.15, -0.1) is 0 Å². The molecule has 0 saturated heterocycles. The van der Waals surface area contributed by atoms with Crippen molar-refractivity contribution in [1.29, 1.82) is 0 Å². The third-order valence-corrected chi connectivity index (χ3v) is 2.22. The van der Waals surface area contributed by atoms with E-state index >= 15 is 0 Å². The lowest BCUT2D eigenvalue weighted by atomic mass is 10.2. The van der Waals surface area contributed by atoms with E-state index in [0.29, 0.717) is 0 Å². The number of halogens is 5. The zero-order valence-corrected chi connectivity index (χ0v) is 8.91. The molecule has 0 aliphatic carbocycles. The smallest absolute Gasteiger partial charge is 0.200 e. The van der Waals surface area contributed by atoms with E-state index in [0.717, 1.165) is 4.90 Å². The minimum atomic E-state index is -2.18. The number of aliphatic hydroxyl groups is 1. The number of hydrogen-bond donors (Lipinski definition) is 1. The van der Waals surface area contributed by atoms with Crippen molar-refractivity contribution in [3.8, 4) is 0 Å². The van der Waals surface area contributed by atoms with E-state index in [4.69, 9.17) is 5.11 Å². The molecular weight excluding hydrogens is 245 g/mol. The molecular formula is C10H10F5NO. The van der Waals surface area contributed by atoms with Crippen molar-refractivity contribution in [2.24, 2.45) is 0 Å². The zero-order chi connectivity index (χ0) is 13.2. The van der Waals surface area contributed by atoms with Crippen molar-refractivity contribution >= 4 is 5.69 Å². The summed E-state index contributed by atoms with van der Waals surface area (Å²) in [6.07, 6.45) is 0.149. The van der Waals surface area contributed by atoms with E-state index in [-0.39, 0.29) is 19.6 Å². The second-order valence-corrected chi connectivity index (χ2v) is 3.42. The molecule has 0 aromatic heterocycles. The molecule has 1 rings (SSSR count). The van der Waals surface area contributed by atoms with Crippen LogP contribution in [0.3, 0.4) is 0 Å². The van der Waals surface area contributed by atoms with Crippen molar-refractivity contribution in [2.45, 2.75) is 6.42 Å². The minimum Gasteiger partial charge on any atom is -0.396 e. The van der Waals surface area contributed by atoms with Gasteiger partial charge in [0, 0.05) is 20.2 Å². The van der Waals surface area contributed by atoms with Crippen LogP contribution in [0.15, 0.2) is 0 Å². The van der Waals surface area contributed by atoms with Crippen LogP contribution in [-0.4, -0.2) is 25.3 Å². The molecule has 0 fully saturated rings. The highest BCUT2D eigenvalue weighted by Crippen LogP contribution is 2.29. The standard InChI is InChI=1S/C10H10F5NO/c1-16(3-2-4-17)10-8(14)6(12)5(11)7(13)9(10)15/h17H,2-4H2,1H3.